The van der Waals surface area contributed by atoms with Gasteiger partial charge in [0.1, 0.15) is 23.3 Å². The van der Waals surface area contributed by atoms with E-state index in [1.165, 1.54) is 0 Å². The minimum Gasteiger partial charge on any atom is -0.306 e. The second-order valence-electron chi connectivity index (χ2n) is 4.44. The van der Waals surface area contributed by atoms with Crippen molar-refractivity contribution in [1.82, 2.24) is 5.32 Å². The van der Waals surface area contributed by atoms with Crippen LogP contribution in [0.5, 0.6) is 0 Å². The molecule has 0 aliphatic carbocycles. The van der Waals surface area contributed by atoms with Crippen molar-refractivity contribution in [2.45, 2.75) is 13.0 Å². The Kier molecular flexibility index (Phi) is 4.85. The summed E-state index contributed by atoms with van der Waals surface area (Å²) < 4.78 is 54.8. The molecule has 1 unspecified atom stereocenters. The Balaban J connectivity index is 2.58. The molecule has 0 fully saturated rings. The molecule has 0 radical (unpaired) electrons. The predicted molar refractivity (Wildman–Crippen MR) is 73.2 cm³/mol. The number of rotatable bonds is 4. The largest absolute Gasteiger partial charge is 0.306 e. The number of nitrogens with one attached hydrogen (secondary N) is 1. The average molecular weight is 318 g/mol. The van der Waals surface area contributed by atoms with Crippen molar-refractivity contribution in [3.05, 3.63) is 69.8 Å². The van der Waals surface area contributed by atoms with Gasteiger partial charge in [-0.25, -0.2) is 17.6 Å². The monoisotopic (exact) mass is 317 g/mol. The Morgan fingerprint density at radius 1 is 0.952 bits per heavy atom. The van der Waals surface area contributed by atoms with Gasteiger partial charge in [0.25, 0.3) is 0 Å². The lowest BCUT2D eigenvalue weighted by Crippen LogP contribution is -2.24. The third kappa shape index (κ3) is 3.36. The summed E-state index contributed by atoms with van der Waals surface area (Å²) in [5, 5.41) is 2.45. The summed E-state index contributed by atoms with van der Waals surface area (Å²) in [7, 11) is 0. The van der Waals surface area contributed by atoms with Gasteiger partial charge in [0, 0.05) is 11.1 Å². The van der Waals surface area contributed by atoms with Crippen molar-refractivity contribution in [2.24, 2.45) is 0 Å². The Morgan fingerprint density at radius 2 is 1.62 bits per heavy atom. The lowest BCUT2D eigenvalue weighted by atomic mass is 9.97. The number of halogens is 5. The van der Waals surface area contributed by atoms with Crippen LogP contribution in [0.15, 0.2) is 30.3 Å². The molecule has 6 heteroatoms. The Hall–Kier alpha value is -1.59. The van der Waals surface area contributed by atoms with E-state index in [0.717, 1.165) is 30.3 Å². The van der Waals surface area contributed by atoms with Crippen LogP contribution in [0, 0.1) is 23.3 Å². The van der Waals surface area contributed by atoms with Gasteiger partial charge >= 0.3 is 0 Å². The minimum absolute atomic E-state index is 0.0996. The summed E-state index contributed by atoms with van der Waals surface area (Å²) in [4.78, 5) is 0. The molecule has 1 atom stereocenters. The maximum atomic E-state index is 14.0. The van der Waals surface area contributed by atoms with Gasteiger partial charge in [-0.05, 0) is 36.9 Å². The van der Waals surface area contributed by atoms with Crippen LogP contribution in [0.2, 0.25) is 5.02 Å². The summed E-state index contributed by atoms with van der Waals surface area (Å²) in [5.74, 6) is -3.00. The molecule has 0 aliphatic rings. The molecule has 0 spiro atoms. The van der Waals surface area contributed by atoms with E-state index in [2.05, 4.69) is 5.32 Å². The van der Waals surface area contributed by atoms with E-state index >= 15 is 0 Å². The predicted octanol–water partition coefficient (Wildman–Crippen LogP) is 4.60. The third-order valence-corrected chi connectivity index (χ3v) is 3.32. The number of hydrogen-bond donors (Lipinski definition) is 1. The van der Waals surface area contributed by atoms with Crippen molar-refractivity contribution < 1.29 is 17.6 Å². The fourth-order valence-electron chi connectivity index (χ4n) is 2.09. The van der Waals surface area contributed by atoms with E-state index in [-0.39, 0.29) is 16.1 Å². The third-order valence-electron chi connectivity index (χ3n) is 3.03. The molecule has 0 bridgehead atoms. The molecule has 112 valence electrons. The molecule has 0 heterocycles. The lowest BCUT2D eigenvalue weighted by Gasteiger charge is -2.20. The quantitative estimate of drug-likeness (QED) is 0.642. The summed E-state index contributed by atoms with van der Waals surface area (Å²) in [6, 6.07) is 3.54. The summed E-state index contributed by atoms with van der Waals surface area (Å²) in [5.41, 5.74) is -0.235. The van der Waals surface area contributed by atoms with Crippen LogP contribution in [0.1, 0.15) is 24.1 Å². The van der Waals surface area contributed by atoms with E-state index in [1.807, 2.05) is 0 Å². The van der Waals surface area contributed by atoms with Crippen LogP contribution in [0.4, 0.5) is 17.6 Å². The van der Waals surface area contributed by atoms with Crippen molar-refractivity contribution in [1.29, 1.82) is 0 Å². The Bertz CT molecular complexity index is 660. The number of hydrogen-bond acceptors (Lipinski definition) is 1. The van der Waals surface area contributed by atoms with Crippen molar-refractivity contribution in [3.63, 3.8) is 0 Å². The van der Waals surface area contributed by atoms with E-state index in [4.69, 9.17) is 11.6 Å². The minimum atomic E-state index is -1.02. The van der Waals surface area contributed by atoms with Crippen LogP contribution in [-0.2, 0) is 0 Å². The van der Waals surface area contributed by atoms with E-state index in [1.54, 1.807) is 6.92 Å². The molecule has 0 aromatic heterocycles. The van der Waals surface area contributed by atoms with Crippen LogP contribution < -0.4 is 5.32 Å². The van der Waals surface area contributed by atoms with Crippen LogP contribution in [0.3, 0.4) is 0 Å². The maximum absolute atomic E-state index is 14.0. The Labute approximate surface area is 124 Å². The van der Waals surface area contributed by atoms with Gasteiger partial charge in [-0.1, -0.05) is 18.5 Å². The Morgan fingerprint density at radius 3 is 2.29 bits per heavy atom. The van der Waals surface area contributed by atoms with Crippen molar-refractivity contribution in [2.75, 3.05) is 6.54 Å². The van der Waals surface area contributed by atoms with Crippen LogP contribution >= 0.6 is 11.6 Å². The summed E-state index contributed by atoms with van der Waals surface area (Å²) >= 11 is 5.50. The van der Waals surface area contributed by atoms with E-state index in [0.29, 0.717) is 6.54 Å². The molecule has 0 saturated carbocycles. The van der Waals surface area contributed by atoms with Crippen molar-refractivity contribution in [3.8, 4) is 0 Å². The zero-order valence-corrected chi connectivity index (χ0v) is 11.8. The summed E-state index contributed by atoms with van der Waals surface area (Å²) in [6.45, 7) is 2.07. The lowest BCUT2D eigenvalue weighted by molar-refractivity contribution is 0.516. The first-order valence-electron chi connectivity index (χ1n) is 6.26. The van der Waals surface area contributed by atoms with Gasteiger partial charge in [0.2, 0.25) is 0 Å². The molecule has 2 aromatic rings. The molecule has 21 heavy (non-hydrogen) atoms. The second-order valence-corrected chi connectivity index (χ2v) is 4.85. The highest BCUT2D eigenvalue weighted by Crippen LogP contribution is 2.30. The maximum Gasteiger partial charge on any atom is 0.142 e. The average Bonchev–Trinajstić information content (AvgIpc) is 2.43. The molecule has 0 amide bonds. The van der Waals surface area contributed by atoms with Crippen LogP contribution in [-0.4, -0.2) is 6.54 Å². The topological polar surface area (TPSA) is 12.0 Å². The van der Waals surface area contributed by atoms with E-state index < -0.39 is 29.3 Å². The highest BCUT2D eigenvalue weighted by molar-refractivity contribution is 6.30. The molecule has 0 saturated heterocycles. The molecule has 2 aromatic carbocycles. The van der Waals surface area contributed by atoms with Gasteiger partial charge in [0.05, 0.1) is 11.1 Å². The first-order chi connectivity index (χ1) is 9.93. The fourth-order valence-corrected chi connectivity index (χ4v) is 2.24. The molecular formula is C15H12ClF4N. The second kappa shape index (κ2) is 6.45. The van der Waals surface area contributed by atoms with E-state index in [9.17, 15) is 17.6 Å². The first kappa shape index (κ1) is 15.8. The van der Waals surface area contributed by atoms with Crippen LogP contribution in [0.25, 0.3) is 0 Å². The molecular weight excluding hydrogens is 306 g/mol. The van der Waals surface area contributed by atoms with Gasteiger partial charge in [-0.15, -0.1) is 0 Å². The van der Waals surface area contributed by atoms with Gasteiger partial charge < -0.3 is 5.32 Å². The fraction of sp³-hybridized carbons (Fsp3) is 0.200. The smallest absolute Gasteiger partial charge is 0.142 e. The standard InChI is InChI=1S/C15H12ClF4N/c1-2-21-15(9-5-8(17)3-4-12(9)18)10-6-14(20)11(16)7-13(10)19/h3-7,15,21H,2H2,1H3. The SMILES string of the molecule is CCNC(c1cc(F)ccc1F)c1cc(F)c(Cl)cc1F. The molecule has 2 rings (SSSR count). The molecule has 1 nitrogen and oxygen atoms in total. The first-order valence-corrected chi connectivity index (χ1v) is 6.64. The number of benzene rings is 2. The zero-order valence-electron chi connectivity index (χ0n) is 11.1. The summed E-state index contributed by atoms with van der Waals surface area (Å²) in [6.07, 6.45) is 0. The molecule has 0 aliphatic heterocycles. The normalized spacial score (nSPS) is 12.5. The molecule has 1 N–H and O–H groups in total. The van der Waals surface area contributed by atoms with Crippen molar-refractivity contribution >= 4 is 11.6 Å². The zero-order chi connectivity index (χ0) is 15.6. The highest BCUT2D eigenvalue weighted by atomic mass is 35.5. The van der Waals surface area contributed by atoms with Gasteiger partial charge in [-0.2, -0.15) is 0 Å². The van der Waals surface area contributed by atoms with Gasteiger partial charge in [0.15, 0.2) is 0 Å². The highest BCUT2D eigenvalue weighted by Gasteiger charge is 2.22. The van der Waals surface area contributed by atoms with Gasteiger partial charge in [-0.3, -0.25) is 0 Å².